The van der Waals surface area contributed by atoms with E-state index in [0.717, 1.165) is 74.5 Å². The smallest absolute Gasteiger partial charge is 0.261 e. The number of aromatic nitrogens is 3. The van der Waals surface area contributed by atoms with E-state index in [1.807, 2.05) is 36.4 Å². The number of rotatable bonds is 27. The second-order valence-electron chi connectivity index (χ2n) is 22.5. The Bertz CT molecular complexity index is 4010. The maximum atomic E-state index is 12.7. The molecule has 0 aliphatic carbocycles. The number of carbonyl (C=O) groups excluding carboxylic acids is 3. The number of benzene rings is 6. The zero-order chi connectivity index (χ0) is 67.5. The molecule has 0 radical (unpaired) electrons. The van der Waals surface area contributed by atoms with Crippen molar-refractivity contribution in [3.63, 3.8) is 0 Å². The number of hydrogen-bond acceptors (Lipinski definition) is 18. The molecule has 24 nitrogen and oxygen atoms in total. The Balaban J connectivity index is 0.000000157. The number of fused-ring (bicyclic) bond motifs is 6. The van der Waals surface area contributed by atoms with Gasteiger partial charge in [-0.1, -0.05) is 77.5 Å². The molecule has 0 fully saturated rings. The van der Waals surface area contributed by atoms with E-state index in [1.54, 1.807) is 94.1 Å². The third kappa shape index (κ3) is 16.5. The Labute approximate surface area is 552 Å². The van der Waals surface area contributed by atoms with Crippen LogP contribution in [0.4, 0.5) is 0 Å². The third-order valence-electron chi connectivity index (χ3n) is 15.9. The largest absolute Gasteiger partial charge is 0.493 e. The molecule has 3 aliphatic heterocycles. The molecule has 12 rings (SSSR count). The number of unbranched alkanes of at least 4 members (excludes halogenated alkanes) is 6. The first kappa shape index (κ1) is 67.8. The average molecular weight is 1320 g/mol. The lowest BCUT2D eigenvalue weighted by Crippen LogP contribution is -2.29. The van der Waals surface area contributed by atoms with Gasteiger partial charge in [0.15, 0.2) is 69.0 Å². The van der Waals surface area contributed by atoms with Crippen LogP contribution in [0.1, 0.15) is 126 Å². The van der Waals surface area contributed by atoms with Gasteiger partial charge in [-0.25, -0.2) is 0 Å². The van der Waals surface area contributed by atoms with Crippen molar-refractivity contribution in [1.82, 2.24) is 30.9 Å². The van der Waals surface area contributed by atoms with E-state index in [1.165, 1.54) is 0 Å². The lowest BCUT2D eigenvalue weighted by Gasteiger charge is -2.14. The molecule has 6 aromatic carbocycles. The van der Waals surface area contributed by atoms with Crippen molar-refractivity contribution < 1.29 is 71.2 Å². The molecule has 3 aliphatic rings. The number of nitrogens with one attached hydrogen (secondary N) is 6. The summed E-state index contributed by atoms with van der Waals surface area (Å²) < 4.78 is 65.9. The molecule has 0 unspecified atom stereocenters. The minimum Gasteiger partial charge on any atom is -0.493 e. The first-order chi connectivity index (χ1) is 46.8. The summed E-state index contributed by atoms with van der Waals surface area (Å²) in [5, 5.41) is 10.4. The van der Waals surface area contributed by atoms with Gasteiger partial charge < -0.3 is 87.7 Å². The van der Waals surface area contributed by atoms with Crippen molar-refractivity contribution >= 4 is 50.4 Å². The highest BCUT2D eigenvalue weighted by Gasteiger charge is 2.23. The summed E-state index contributed by atoms with van der Waals surface area (Å²) in [7, 11) is 4.66. The lowest BCUT2D eigenvalue weighted by molar-refractivity contribution is 0.0941. The average Bonchev–Trinajstić information content (AvgIpc) is 1.43. The predicted molar refractivity (Wildman–Crippen MR) is 360 cm³/mol. The first-order valence-corrected chi connectivity index (χ1v) is 31.9. The molecule has 3 aromatic heterocycles. The van der Waals surface area contributed by atoms with Crippen LogP contribution < -0.4 is 89.5 Å². The minimum absolute atomic E-state index is 0.0281. The Morgan fingerprint density at radius 2 is 0.656 bits per heavy atom. The van der Waals surface area contributed by atoms with E-state index >= 15 is 0 Å². The molecule has 3 amide bonds. The molecule has 6 heterocycles. The van der Waals surface area contributed by atoms with Gasteiger partial charge in [0, 0.05) is 35.8 Å². The fourth-order valence-corrected chi connectivity index (χ4v) is 10.7. The number of methoxy groups -OCH3 is 3. The second kappa shape index (κ2) is 32.7. The molecule has 24 heteroatoms. The highest BCUT2D eigenvalue weighted by atomic mass is 16.7. The summed E-state index contributed by atoms with van der Waals surface area (Å²) in [6, 6.07) is 31.7. The minimum atomic E-state index is -0.493. The Hall–Kier alpha value is -11.0. The fraction of sp³-hybridized carbons (Fsp3) is 0.333. The van der Waals surface area contributed by atoms with Gasteiger partial charge in [0.1, 0.15) is 16.7 Å². The Morgan fingerprint density at radius 3 is 0.927 bits per heavy atom. The monoisotopic (exact) mass is 1310 g/mol. The van der Waals surface area contributed by atoms with E-state index in [4.69, 9.17) is 56.8 Å². The third-order valence-corrected chi connectivity index (χ3v) is 15.9. The zero-order valence-corrected chi connectivity index (χ0v) is 54.5. The van der Waals surface area contributed by atoms with E-state index in [2.05, 4.69) is 51.7 Å². The van der Waals surface area contributed by atoms with Crippen LogP contribution in [-0.4, -0.2) is 94.2 Å². The summed E-state index contributed by atoms with van der Waals surface area (Å²) in [6.45, 7) is 9.23. The lowest BCUT2D eigenvalue weighted by atomic mass is 10.1. The van der Waals surface area contributed by atoms with Crippen molar-refractivity contribution in [3.8, 4) is 69.0 Å². The normalized spacial score (nSPS) is 12.1. The quantitative estimate of drug-likeness (QED) is 0.0261. The second-order valence-corrected chi connectivity index (χ2v) is 22.5. The topological polar surface area (TPSA) is 297 Å². The van der Waals surface area contributed by atoms with E-state index in [0.29, 0.717) is 122 Å². The fourth-order valence-electron chi connectivity index (χ4n) is 10.7. The SMILES string of the molecule is CCCCCOc1c(OC)ccc2cc(C(=O)NCc3ccc4c(c3)OCO4)c(=O)[nH]c12.CCCCCOc1c(OC)ccc2cc(C(=O)NCc3ccc4c(c3)OCO4)c(=O)[nH]c12.CCCCCOc1c(OC)ccc2cc(C(=O)NCc3ccc4c(c3)OCO4)c(=O)[nH]c12. The van der Waals surface area contributed by atoms with Crippen LogP contribution in [0.3, 0.4) is 0 Å². The molecule has 0 saturated carbocycles. The molecule has 0 atom stereocenters. The number of hydrogen-bond donors (Lipinski definition) is 6. The first-order valence-electron chi connectivity index (χ1n) is 31.9. The Morgan fingerprint density at radius 1 is 0.375 bits per heavy atom. The van der Waals surface area contributed by atoms with Crippen molar-refractivity contribution in [2.45, 2.75) is 98.2 Å². The number of pyridine rings is 3. The summed E-state index contributed by atoms with van der Waals surface area (Å²) in [6.07, 6.45) is 9.11. The highest BCUT2D eigenvalue weighted by Crippen LogP contribution is 2.39. The van der Waals surface area contributed by atoms with Crippen molar-refractivity contribution in [1.29, 1.82) is 0 Å². The molecule has 96 heavy (non-hydrogen) atoms. The van der Waals surface area contributed by atoms with Crippen molar-refractivity contribution in [3.05, 3.63) is 174 Å². The number of carbonyl (C=O) groups is 3. The number of ether oxygens (including phenoxy) is 12. The van der Waals surface area contributed by atoms with Gasteiger partial charge in [-0.2, -0.15) is 0 Å². The van der Waals surface area contributed by atoms with Gasteiger partial charge in [0.05, 0.1) is 57.7 Å². The van der Waals surface area contributed by atoms with Gasteiger partial charge in [-0.15, -0.1) is 0 Å². The van der Waals surface area contributed by atoms with Crippen molar-refractivity contribution in [2.24, 2.45) is 0 Å². The number of aromatic amines is 3. The Kier molecular flexibility index (Phi) is 23.1. The summed E-state index contributed by atoms with van der Waals surface area (Å²) in [5.74, 6) is 5.58. The maximum Gasteiger partial charge on any atom is 0.261 e. The van der Waals surface area contributed by atoms with Crippen LogP contribution in [0.25, 0.3) is 32.7 Å². The van der Waals surface area contributed by atoms with Gasteiger partial charge in [0.2, 0.25) is 20.4 Å². The molecule has 0 bridgehead atoms. The summed E-state index contributed by atoms with van der Waals surface area (Å²) >= 11 is 0. The zero-order valence-electron chi connectivity index (χ0n) is 54.5. The number of amides is 3. The van der Waals surface area contributed by atoms with Crippen LogP contribution in [0.2, 0.25) is 0 Å². The van der Waals surface area contributed by atoms with Gasteiger partial charge in [0.25, 0.3) is 34.4 Å². The molecule has 0 spiro atoms. The van der Waals surface area contributed by atoms with Gasteiger partial charge in [-0.05, 0) is 127 Å². The number of H-pyrrole nitrogens is 3. The molecular formula is C72H78N6O18. The van der Waals surface area contributed by atoms with E-state index in [-0.39, 0.29) is 56.7 Å². The van der Waals surface area contributed by atoms with Crippen LogP contribution in [0.5, 0.6) is 69.0 Å². The van der Waals surface area contributed by atoms with Gasteiger partial charge >= 0.3 is 0 Å². The van der Waals surface area contributed by atoms with E-state index in [9.17, 15) is 28.8 Å². The molecule has 6 N–H and O–H groups in total. The van der Waals surface area contributed by atoms with Crippen LogP contribution in [-0.2, 0) is 19.6 Å². The standard InChI is InChI=1S/3C24H26N2O6/c3*1-3-4-5-10-30-22-19(29-2)9-7-16-12-17(24(28)26-21(16)22)23(27)25-13-15-6-8-18-20(11-15)32-14-31-18/h3*6-9,11-12H,3-5,10,13-14H2,1-2H3,(H,25,27)(H,26,28). The molecule has 0 saturated heterocycles. The predicted octanol–water partition coefficient (Wildman–Crippen LogP) is 11.3. The molecular weight excluding hydrogens is 1240 g/mol. The highest BCUT2D eigenvalue weighted by molar-refractivity contribution is 6.00. The maximum absolute atomic E-state index is 12.7. The summed E-state index contributed by atoms with van der Waals surface area (Å²) in [5.41, 5.74) is 2.66. The summed E-state index contributed by atoms with van der Waals surface area (Å²) in [4.78, 5) is 84.7. The molecule has 504 valence electrons. The van der Waals surface area contributed by atoms with Crippen LogP contribution in [0.15, 0.2) is 124 Å². The van der Waals surface area contributed by atoms with Gasteiger partial charge in [-0.3, -0.25) is 28.8 Å². The van der Waals surface area contributed by atoms with E-state index < -0.39 is 34.4 Å². The van der Waals surface area contributed by atoms with Crippen LogP contribution in [0, 0.1) is 0 Å². The molecule has 9 aromatic rings. The van der Waals surface area contributed by atoms with Crippen molar-refractivity contribution in [2.75, 3.05) is 61.5 Å². The van der Waals surface area contributed by atoms with Crippen LogP contribution >= 0.6 is 0 Å².